The van der Waals surface area contributed by atoms with Crippen LogP contribution >= 0.6 is 0 Å². The van der Waals surface area contributed by atoms with Crippen molar-refractivity contribution in [3.05, 3.63) is 18.0 Å². The highest BCUT2D eigenvalue weighted by Gasteiger charge is 1.93. The van der Waals surface area contributed by atoms with Gasteiger partial charge in [0.25, 0.3) is 0 Å². The molecule has 1 heterocycles. The lowest BCUT2D eigenvalue weighted by atomic mass is 10.2. The third kappa shape index (κ3) is 1.85. The molecular formula is C6H10N2O. The van der Waals surface area contributed by atoms with Crippen LogP contribution < -0.4 is 5.73 Å². The molecule has 1 rings (SSSR count). The topological polar surface area (TPSA) is 52.0 Å². The van der Waals surface area contributed by atoms with Crippen molar-refractivity contribution in [2.75, 3.05) is 6.54 Å². The summed E-state index contributed by atoms with van der Waals surface area (Å²) in [6.07, 6.45) is 3.51. The average molecular weight is 126 g/mol. The van der Waals surface area contributed by atoms with Crippen LogP contribution in [0.5, 0.6) is 0 Å². The molecule has 0 saturated heterocycles. The number of nitrogens with two attached hydrogens (primary N) is 1. The van der Waals surface area contributed by atoms with Crippen molar-refractivity contribution in [2.24, 2.45) is 5.73 Å². The van der Waals surface area contributed by atoms with Crippen LogP contribution in [0.25, 0.3) is 0 Å². The van der Waals surface area contributed by atoms with Crippen LogP contribution in [0.4, 0.5) is 0 Å². The van der Waals surface area contributed by atoms with Crippen LogP contribution in [0, 0.1) is 0 Å². The second-order valence-corrected chi connectivity index (χ2v) is 1.87. The highest BCUT2D eigenvalue weighted by Crippen LogP contribution is 1.98. The normalized spacial score (nSPS) is 9.89. The number of rotatable bonds is 3. The number of aryl methyl sites for hydroxylation is 1. The second kappa shape index (κ2) is 3.25. The summed E-state index contributed by atoms with van der Waals surface area (Å²) in [5.41, 5.74) is 5.28. The maximum Gasteiger partial charge on any atom is 0.136 e. The predicted octanol–water partition coefficient (Wildman–Crippen LogP) is 0.566. The van der Waals surface area contributed by atoms with Crippen molar-refractivity contribution in [3.63, 3.8) is 0 Å². The third-order valence-electron chi connectivity index (χ3n) is 1.12. The minimum absolute atomic E-state index is 0.709. The minimum Gasteiger partial charge on any atom is -0.361 e. The number of hydrogen-bond donors (Lipinski definition) is 1. The summed E-state index contributed by atoms with van der Waals surface area (Å²) in [4.78, 5) is 0. The van der Waals surface area contributed by atoms with Crippen molar-refractivity contribution < 1.29 is 4.52 Å². The third-order valence-corrected chi connectivity index (χ3v) is 1.12. The van der Waals surface area contributed by atoms with Gasteiger partial charge >= 0.3 is 0 Å². The molecule has 0 aliphatic carbocycles. The zero-order valence-corrected chi connectivity index (χ0v) is 5.21. The molecule has 0 unspecified atom stereocenters. The van der Waals surface area contributed by atoms with Gasteiger partial charge in [0.05, 0.1) is 6.20 Å². The van der Waals surface area contributed by atoms with E-state index < -0.39 is 0 Å². The molecule has 0 aliphatic rings. The predicted molar refractivity (Wildman–Crippen MR) is 33.9 cm³/mol. The van der Waals surface area contributed by atoms with Gasteiger partial charge in [-0.05, 0) is 13.0 Å². The van der Waals surface area contributed by atoms with E-state index in [4.69, 9.17) is 10.3 Å². The Kier molecular flexibility index (Phi) is 2.27. The SMILES string of the molecule is NCCCc1ccno1. The molecule has 0 aliphatic heterocycles. The molecule has 0 spiro atoms. The van der Waals surface area contributed by atoms with Crippen molar-refractivity contribution in [2.45, 2.75) is 12.8 Å². The van der Waals surface area contributed by atoms with Crippen molar-refractivity contribution in [1.82, 2.24) is 5.16 Å². The van der Waals surface area contributed by atoms with Crippen molar-refractivity contribution >= 4 is 0 Å². The molecule has 1 aromatic rings. The summed E-state index contributed by atoms with van der Waals surface area (Å²) < 4.78 is 4.83. The first-order valence-corrected chi connectivity index (χ1v) is 3.03. The van der Waals surface area contributed by atoms with Crippen LogP contribution in [0.1, 0.15) is 12.2 Å². The van der Waals surface area contributed by atoms with Gasteiger partial charge in [0.15, 0.2) is 0 Å². The highest BCUT2D eigenvalue weighted by atomic mass is 16.5. The van der Waals surface area contributed by atoms with Crippen LogP contribution in [-0.2, 0) is 6.42 Å². The molecule has 0 saturated carbocycles. The van der Waals surface area contributed by atoms with E-state index in [9.17, 15) is 0 Å². The summed E-state index contributed by atoms with van der Waals surface area (Å²) in [7, 11) is 0. The lowest BCUT2D eigenvalue weighted by Gasteiger charge is -1.88. The Balaban J connectivity index is 2.30. The molecule has 0 aromatic carbocycles. The first-order valence-electron chi connectivity index (χ1n) is 3.03. The lowest BCUT2D eigenvalue weighted by Crippen LogP contribution is -1.99. The van der Waals surface area contributed by atoms with E-state index in [0.717, 1.165) is 18.6 Å². The van der Waals surface area contributed by atoms with Crippen LogP contribution in [0.2, 0.25) is 0 Å². The molecule has 50 valence electrons. The summed E-state index contributed by atoms with van der Waals surface area (Å²) >= 11 is 0. The van der Waals surface area contributed by atoms with Crippen LogP contribution in [0.15, 0.2) is 16.8 Å². The smallest absolute Gasteiger partial charge is 0.136 e. The number of nitrogens with zero attached hydrogens (tertiary/aromatic N) is 1. The quantitative estimate of drug-likeness (QED) is 0.644. The zero-order chi connectivity index (χ0) is 6.53. The average Bonchev–Trinajstić information content (AvgIpc) is 2.34. The standard InChI is InChI=1S/C6H10N2O/c7-4-1-2-6-3-5-8-9-6/h3,5H,1-2,4,7H2. The molecule has 0 radical (unpaired) electrons. The van der Waals surface area contributed by atoms with Gasteiger partial charge in [0, 0.05) is 12.5 Å². The molecule has 2 N–H and O–H groups in total. The molecule has 9 heavy (non-hydrogen) atoms. The summed E-state index contributed by atoms with van der Waals surface area (Å²) in [5.74, 6) is 0.917. The highest BCUT2D eigenvalue weighted by molar-refractivity contribution is 4.92. The second-order valence-electron chi connectivity index (χ2n) is 1.87. The van der Waals surface area contributed by atoms with Gasteiger partial charge in [-0.3, -0.25) is 0 Å². The Morgan fingerprint density at radius 2 is 2.56 bits per heavy atom. The zero-order valence-electron chi connectivity index (χ0n) is 5.21. The monoisotopic (exact) mass is 126 g/mol. The van der Waals surface area contributed by atoms with Gasteiger partial charge in [-0.25, -0.2) is 0 Å². The number of aromatic nitrogens is 1. The molecule has 0 fully saturated rings. The largest absolute Gasteiger partial charge is 0.361 e. The van der Waals surface area contributed by atoms with Crippen LogP contribution in [-0.4, -0.2) is 11.7 Å². The van der Waals surface area contributed by atoms with Gasteiger partial charge in [0.2, 0.25) is 0 Å². The Hall–Kier alpha value is -0.830. The number of hydrogen-bond acceptors (Lipinski definition) is 3. The van der Waals surface area contributed by atoms with E-state index in [1.54, 1.807) is 6.20 Å². The van der Waals surface area contributed by atoms with Crippen molar-refractivity contribution in [1.29, 1.82) is 0 Å². The minimum atomic E-state index is 0.709. The molecule has 0 atom stereocenters. The Morgan fingerprint density at radius 1 is 1.67 bits per heavy atom. The van der Waals surface area contributed by atoms with E-state index >= 15 is 0 Å². The maximum absolute atomic E-state index is 5.28. The Bertz CT molecular complexity index is 148. The molecule has 0 bridgehead atoms. The Morgan fingerprint density at radius 3 is 3.11 bits per heavy atom. The van der Waals surface area contributed by atoms with Gasteiger partial charge in [-0.15, -0.1) is 0 Å². The lowest BCUT2D eigenvalue weighted by molar-refractivity contribution is 0.381. The summed E-state index contributed by atoms with van der Waals surface area (Å²) in [6.45, 7) is 0.709. The van der Waals surface area contributed by atoms with E-state index in [1.807, 2.05) is 6.07 Å². The molecule has 0 amide bonds. The van der Waals surface area contributed by atoms with Crippen LogP contribution in [0.3, 0.4) is 0 Å². The molecule has 3 nitrogen and oxygen atoms in total. The van der Waals surface area contributed by atoms with E-state index in [2.05, 4.69) is 5.16 Å². The van der Waals surface area contributed by atoms with E-state index in [-0.39, 0.29) is 0 Å². The summed E-state index contributed by atoms with van der Waals surface area (Å²) in [6, 6.07) is 1.86. The summed E-state index contributed by atoms with van der Waals surface area (Å²) in [5, 5.41) is 3.56. The maximum atomic E-state index is 5.28. The van der Waals surface area contributed by atoms with Gasteiger partial charge in [-0.1, -0.05) is 5.16 Å². The fraction of sp³-hybridized carbons (Fsp3) is 0.500. The van der Waals surface area contributed by atoms with Gasteiger partial charge in [-0.2, -0.15) is 0 Å². The Labute approximate surface area is 53.8 Å². The fourth-order valence-corrected chi connectivity index (χ4v) is 0.647. The van der Waals surface area contributed by atoms with Gasteiger partial charge < -0.3 is 10.3 Å². The fourth-order valence-electron chi connectivity index (χ4n) is 0.647. The molecule has 1 aromatic heterocycles. The molecular weight excluding hydrogens is 116 g/mol. The molecule has 3 heteroatoms. The van der Waals surface area contributed by atoms with Crippen molar-refractivity contribution in [3.8, 4) is 0 Å². The van der Waals surface area contributed by atoms with E-state index in [1.165, 1.54) is 0 Å². The van der Waals surface area contributed by atoms with E-state index in [0.29, 0.717) is 6.54 Å². The first kappa shape index (κ1) is 6.29. The van der Waals surface area contributed by atoms with Gasteiger partial charge in [0.1, 0.15) is 5.76 Å². The first-order chi connectivity index (χ1) is 4.43.